The molecule has 1 saturated carbocycles. The van der Waals surface area contributed by atoms with Gasteiger partial charge in [-0.25, -0.2) is 4.79 Å². The largest absolute Gasteiger partial charge is 0.478 e. The number of aromatic carboxylic acids is 1. The van der Waals surface area contributed by atoms with Gasteiger partial charge in [0.15, 0.2) is 0 Å². The number of halogens is 2. The van der Waals surface area contributed by atoms with Crippen LogP contribution in [0, 0.1) is 0 Å². The molecule has 5 nitrogen and oxygen atoms in total. The second-order valence-corrected chi connectivity index (χ2v) is 11.4. The van der Waals surface area contributed by atoms with Gasteiger partial charge >= 0.3 is 5.97 Å². The lowest BCUT2D eigenvalue weighted by Crippen LogP contribution is -2.19. The van der Waals surface area contributed by atoms with Gasteiger partial charge in [-0.15, -0.1) is 0 Å². The molecule has 186 valence electrons. The van der Waals surface area contributed by atoms with Gasteiger partial charge in [-0.05, 0) is 85.1 Å². The van der Waals surface area contributed by atoms with Crippen LogP contribution in [0.15, 0.2) is 99.3 Å². The van der Waals surface area contributed by atoms with Crippen LogP contribution in [-0.2, 0) is 5.41 Å². The molecular formula is C29H22BrClN2O3S. The van der Waals surface area contributed by atoms with E-state index in [0.717, 1.165) is 39.5 Å². The predicted octanol–water partition coefficient (Wildman–Crippen LogP) is 7.72. The van der Waals surface area contributed by atoms with E-state index in [-0.39, 0.29) is 28.0 Å². The number of hydrogen-bond acceptors (Lipinski definition) is 5. The summed E-state index contributed by atoms with van der Waals surface area (Å²) in [5, 5.41) is 13.9. The zero-order valence-electron chi connectivity index (χ0n) is 19.6. The maximum Gasteiger partial charge on any atom is 0.336 e. The summed E-state index contributed by atoms with van der Waals surface area (Å²) in [7, 11) is 0. The van der Waals surface area contributed by atoms with Gasteiger partial charge in [-0.1, -0.05) is 51.4 Å². The van der Waals surface area contributed by atoms with Gasteiger partial charge in [0, 0.05) is 36.8 Å². The number of ketones is 1. The molecule has 0 radical (unpaired) electrons. The number of carbonyl (C=O) groups is 2. The van der Waals surface area contributed by atoms with Crippen molar-refractivity contribution >= 4 is 56.7 Å². The highest BCUT2D eigenvalue weighted by atomic mass is 79.9. The number of carboxylic acids is 1. The molecule has 1 fully saturated rings. The van der Waals surface area contributed by atoms with Crippen LogP contribution in [0.3, 0.4) is 0 Å². The fourth-order valence-electron chi connectivity index (χ4n) is 4.13. The average molecular weight is 594 g/mol. The Morgan fingerprint density at radius 1 is 1.00 bits per heavy atom. The summed E-state index contributed by atoms with van der Waals surface area (Å²) in [5.41, 5.74) is 2.81. The third-order valence-corrected chi connectivity index (χ3v) is 8.32. The van der Waals surface area contributed by atoms with Gasteiger partial charge in [0.1, 0.15) is 5.69 Å². The van der Waals surface area contributed by atoms with Crippen LogP contribution >= 0.6 is 39.3 Å². The summed E-state index contributed by atoms with van der Waals surface area (Å²) in [5.74, 6) is -1.41. The second-order valence-electron chi connectivity index (χ2n) is 8.97. The van der Waals surface area contributed by atoms with E-state index in [0.29, 0.717) is 4.90 Å². The number of carboxylic acid groups (broad SMARTS) is 1. The lowest BCUT2D eigenvalue weighted by Gasteiger charge is -2.17. The number of aromatic nitrogens is 1. The highest BCUT2D eigenvalue weighted by Gasteiger charge is 2.43. The van der Waals surface area contributed by atoms with E-state index in [1.165, 1.54) is 23.4 Å². The first kappa shape index (κ1) is 25.5. The van der Waals surface area contributed by atoms with Crippen molar-refractivity contribution in [3.05, 3.63) is 117 Å². The van der Waals surface area contributed by atoms with Crippen LogP contribution in [0.4, 0.5) is 5.69 Å². The molecule has 1 aromatic heterocycles. The Kier molecular flexibility index (Phi) is 7.38. The first-order valence-electron chi connectivity index (χ1n) is 11.6. The fraction of sp³-hybridized carbons (Fsp3) is 0.138. The first-order chi connectivity index (χ1) is 17.8. The number of anilines is 1. The molecule has 0 atom stereocenters. The Morgan fingerprint density at radius 2 is 1.73 bits per heavy atom. The number of rotatable bonds is 9. The van der Waals surface area contributed by atoms with E-state index in [2.05, 4.69) is 38.4 Å². The van der Waals surface area contributed by atoms with Crippen molar-refractivity contribution < 1.29 is 14.7 Å². The van der Waals surface area contributed by atoms with Crippen molar-refractivity contribution in [3.8, 4) is 0 Å². The molecule has 0 saturated heterocycles. The number of nitrogens with zero attached hydrogens (tertiary/aromatic N) is 1. The molecule has 0 unspecified atom stereocenters. The van der Waals surface area contributed by atoms with E-state index in [4.69, 9.17) is 11.6 Å². The highest BCUT2D eigenvalue weighted by Crippen LogP contribution is 2.48. The lowest BCUT2D eigenvalue weighted by atomic mass is 9.96. The van der Waals surface area contributed by atoms with Gasteiger partial charge < -0.3 is 10.4 Å². The first-order valence-corrected chi connectivity index (χ1v) is 13.6. The third-order valence-electron chi connectivity index (χ3n) is 6.45. The Bertz CT molecular complexity index is 1450. The number of pyridine rings is 1. The Hall–Kier alpha value is -3.13. The molecule has 0 spiro atoms. The molecule has 1 aliphatic carbocycles. The van der Waals surface area contributed by atoms with Crippen LogP contribution in [0.2, 0.25) is 5.02 Å². The van der Waals surface area contributed by atoms with Gasteiger partial charge in [0.05, 0.1) is 17.4 Å². The molecule has 5 rings (SSSR count). The van der Waals surface area contributed by atoms with E-state index < -0.39 is 5.97 Å². The topological polar surface area (TPSA) is 79.3 Å². The van der Waals surface area contributed by atoms with Crippen LogP contribution in [0.5, 0.6) is 0 Å². The van der Waals surface area contributed by atoms with Crippen molar-refractivity contribution in [1.29, 1.82) is 0 Å². The van der Waals surface area contributed by atoms with Crippen LogP contribution in [0.25, 0.3) is 0 Å². The lowest BCUT2D eigenvalue weighted by molar-refractivity contribution is 0.0693. The maximum atomic E-state index is 13.1. The highest BCUT2D eigenvalue weighted by molar-refractivity contribution is 9.10. The fourth-order valence-corrected chi connectivity index (χ4v) is 5.44. The number of hydrogen-bond donors (Lipinski definition) is 2. The number of nitrogens with one attached hydrogen (secondary N) is 1. The summed E-state index contributed by atoms with van der Waals surface area (Å²) in [6.07, 6.45) is 3.85. The van der Waals surface area contributed by atoms with Crippen LogP contribution in [0.1, 0.15) is 44.8 Å². The minimum absolute atomic E-state index is 0.0778. The minimum atomic E-state index is -1.09. The summed E-state index contributed by atoms with van der Waals surface area (Å²) in [6.45, 7) is 0.767. The smallest absolute Gasteiger partial charge is 0.336 e. The second kappa shape index (κ2) is 10.7. The molecule has 4 aromatic rings. The van der Waals surface area contributed by atoms with Crippen molar-refractivity contribution in [2.24, 2.45) is 0 Å². The zero-order chi connectivity index (χ0) is 26.0. The molecule has 37 heavy (non-hydrogen) atoms. The van der Waals surface area contributed by atoms with Crippen molar-refractivity contribution in [2.45, 2.75) is 28.0 Å². The zero-order valence-corrected chi connectivity index (χ0v) is 22.7. The Labute approximate surface area is 232 Å². The summed E-state index contributed by atoms with van der Waals surface area (Å²) in [4.78, 5) is 30.8. The summed E-state index contributed by atoms with van der Waals surface area (Å²) < 4.78 is 0.943. The molecule has 0 amide bonds. The van der Waals surface area contributed by atoms with Crippen LogP contribution < -0.4 is 5.32 Å². The molecule has 0 bridgehead atoms. The third kappa shape index (κ3) is 5.90. The number of carbonyl (C=O) groups excluding carboxylic acids is 1. The van der Waals surface area contributed by atoms with Crippen molar-refractivity contribution in [1.82, 2.24) is 4.98 Å². The number of benzene rings is 3. The van der Waals surface area contributed by atoms with Crippen molar-refractivity contribution in [3.63, 3.8) is 0 Å². The van der Waals surface area contributed by atoms with Crippen LogP contribution in [-0.4, -0.2) is 28.4 Å². The van der Waals surface area contributed by atoms with Gasteiger partial charge in [-0.3, -0.25) is 9.78 Å². The average Bonchev–Trinajstić information content (AvgIpc) is 3.70. The normalized spacial score (nSPS) is 13.7. The molecule has 0 aliphatic heterocycles. The summed E-state index contributed by atoms with van der Waals surface area (Å²) in [6, 6.07) is 23.8. The Balaban J connectivity index is 1.27. The molecular weight excluding hydrogens is 572 g/mol. The van der Waals surface area contributed by atoms with Gasteiger partial charge in [0.25, 0.3) is 0 Å². The standard InChI is InChI=1S/C29H22BrClN2O3S/c30-20-4-9-23(10-5-20)37-26-12-1-18(15-24(26)28(35)36)27(34)25-11-8-22(16-32-25)33-17-29(13-14-29)19-2-6-21(31)7-3-19/h1-12,15-16,33H,13-14,17H2,(H,35,36). The molecule has 3 aromatic carbocycles. The van der Waals surface area contributed by atoms with E-state index in [1.54, 1.807) is 24.4 Å². The minimum Gasteiger partial charge on any atom is -0.478 e. The van der Waals surface area contributed by atoms with E-state index >= 15 is 0 Å². The predicted molar refractivity (Wildman–Crippen MR) is 150 cm³/mol. The van der Waals surface area contributed by atoms with E-state index in [9.17, 15) is 14.7 Å². The van der Waals surface area contributed by atoms with Gasteiger partial charge in [0.2, 0.25) is 5.78 Å². The Morgan fingerprint density at radius 3 is 2.35 bits per heavy atom. The molecule has 8 heteroatoms. The molecule has 1 aliphatic rings. The van der Waals surface area contributed by atoms with Gasteiger partial charge in [-0.2, -0.15) is 0 Å². The molecule has 2 N–H and O–H groups in total. The molecule has 1 heterocycles. The SMILES string of the molecule is O=C(c1ccc(Sc2ccc(Br)cc2)c(C(=O)O)c1)c1ccc(NCC2(c3ccc(Cl)cc3)CC2)cn1. The quantitative estimate of drug-likeness (QED) is 0.193. The summed E-state index contributed by atoms with van der Waals surface area (Å²) >= 11 is 10.8. The van der Waals surface area contributed by atoms with Crippen molar-refractivity contribution in [2.75, 3.05) is 11.9 Å². The monoisotopic (exact) mass is 592 g/mol. The maximum absolute atomic E-state index is 13.1. The van der Waals surface area contributed by atoms with E-state index in [1.807, 2.05) is 42.5 Å².